The molecule has 1 N–H and O–H groups in total. The summed E-state index contributed by atoms with van der Waals surface area (Å²) < 4.78 is 12.6. The van der Waals surface area contributed by atoms with Crippen LogP contribution >= 0.6 is 23.1 Å². The van der Waals surface area contributed by atoms with E-state index < -0.39 is 0 Å². The number of hydrogen-bond donors (Lipinski definition) is 1. The number of anilines is 1. The Balaban J connectivity index is 1.59. The lowest BCUT2D eigenvalue weighted by Gasteiger charge is -2.13. The molecule has 4 aromatic rings. The fourth-order valence-corrected chi connectivity index (χ4v) is 4.58. The molecule has 0 aliphatic rings. The first-order valence-electron chi connectivity index (χ1n) is 9.31. The SMILES string of the molecule is COc1ccc(NC(=O)CSc2nc3ccsc3c(=O)n2-c2ccccc2)c(OC)c1. The summed E-state index contributed by atoms with van der Waals surface area (Å²) in [5, 5.41) is 5.13. The van der Waals surface area contributed by atoms with Crippen LogP contribution in [0.15, 0.2) is 69.9 Å². The molecule has 0 fully saturated rings. The number of carbonyl (C=O) groups is 1. The first-order valence-corrected chi connectivity index (χ1v) is 11.2. The molecule has 0 atom stereocenters. The summed E-state index contributed by atoms with van der Waals surface area (Å²) in [6.07, 6.45) is 0. The van der Waals surface area contributed by atoms with E-state index in [0.29, 0.717) is 38.2 Å². The number of carbonyl (C=O) groups excluding carboxylic acids is 1. The van der Waals surface area contributed by atoms with Gasteiger partial charge in [-0.2, -0.15) is 0 Å². The number of nitrogens with zero attached hydrogens (tertiary/aromatic N) is 2. The van der Waals surface area contributed by atoms with Crippen molar-refractivity contribution in [2.24, 2.45) is 0 Å². The van der Waals surface area contributed by atoms with Crippen molar-refractivity contribution in [2.75, 3.05) is 25.3 Å². The largest absolute Gasteiger partial charge is 0.497 e. The number of thiophene rings is 1. The van der Waals surface area contributed by atoms with E-state index in [-0.39, 0.29) is 17.2 Å². The van der Waals surface area contributed by atoms with E-state index in [2.05, 4.69) is 10.3 Å². The van der Waals surface area contributed by atoms with Crippen LogP contribution in [-0.2, 0) is 4.79 Å². The van der Waals surface area contributed by atoms with Crippen LogP contribution in [0.3, 0.4) is 0 Å². The quantitative estimate of drug-likeness (QED) is 0.334. The van der Waals surface area contributed by atoms with Crippen LogP contribution in [0.5, 0.6) is 11.5 Å². The molecule has 0 spiro atoms. The summed E-state index contributed by atoms with van der Waals surface area (Å²) in [6, 6.07) is 16.2. The molecule has 31 heavy (non-hydrogen) atoms. The molecule has 0 aliphatic heterocycles. The maximum absolute atomic E-state index is 13.1. The summed E-state index contributed by atoms with van der Waals surface area (Å²) >= 11 is 2.56. The average Bonchev–Trinajstić information content (AvgIpc) is 3.27. The van der Waals surface area contributed by atoms with Gasteiger partial charge in [0.1, 0.15) is 16.2 Å². The lowest BCUT2D eigenvalue weighted by Crippen LogP contribution is -2.22. The van der Waals surface area contributed by atoms with E-state index in [0.717, 1.165) is 0 Å². The van der Waals surface area contributed by atoms with Gasteiger partial charge in [-0.1, -0.05) is 30.0 Å². The molecule has 7 nitrogen and oxygen atoms in total. The third-order valence-corrected chi connectivity index (χ3v) is 6.31. The third-order valence-electron chi connectivity index (χ3n) is 4.48. The van der Waals surface area contributed by atoms with Crippen molar-refractivity contribution < 1.29 is 14.3 Å². The van der Waals surface area contributed by atoms with Gasteiger partial charge in [0.2, 0.25) is 5.91 Å². The van der Waals surface area contributed by atoms with Crippen molar-refractivity contribution in [1.29, 1.82) is 0 Å². The summed E-state index contributed by atoms with van der Waals surface area (Å²) in [5.74, 6) is 0.957. The number of ether oxygens (including phenoxy) is 2. The normalized spacial score (nSPS) is 10.8. The zero-order valence-corrected chi connectivity index (χ0v) is 18.5. The predicted octanol–water partition coefficient (Wildman–Crippen LogP) is 4.20. The van der Waals surface area contributed by atoms with Gasteiger partial charge in [0.25, 0.3) is 5.56 Å². The number of hydrogen-bond acceptors (Lipinski definition) is 7. The number of para-hydroxylation sites is 1. The molecule has 0 bridgehead atoms. The summed E-state index contributed by atoms with van der Waals surface area (Å²) in [7, 11) is 3.09. The first-order chi connectivity index (χ1) is 15.1. The maximum Gasteiger partial charge on any atom is 0.276 e. The molecule has 0 unspecified atom stereocenters. The Labute approximate surface area is 186 Å². The minimum Gasteiger partial charge on any atom is -0.497 e. The van der Waals surface area contributed by atoms with E-state index in [9.17, 15) is 9.59 Å². The number of amides is 1. The van der Waals surface area contributed by atoms with Crippen LogP contribution in [0.25, 0.3) is 15.9 Å². The highest BCUT2D eigenvalue weighted by molar-refractivity contribution is 7.99. The number of benzene rings is 2. The molecule has 1 amide bonds. The smallest absolute Gasteiger partial charge is 0.276 e. The van der Waals surface area contributed by atoms with E-state index in [1.54, 1.807) is 29.9 Å². The second-order valence-corrected chi connectivity index (χ2v) is 8.27. The fraction of sp³-hybridized carbons (Fsp3) is 0.136. The Morgan fingerprint density at radius 3 is 2.68 bits per heavy atom. The highest BCUT2D eigenvalue weighted by Gasteiger charge is 2.16. The number of thioether (sulfide) groups is 1. The van der Waals surface area contributed by atoms with Crippen molar-refractivity contribution in [3.8, 4) is 17.2 Å². The molecule has 0 saturated carbocycles. The topological polar surface area (TPSA) is 82.5 Å². The Kier molecular flexibility index (Phi) is 6.24. The van der Waals surface area contributed by atoms with Gasteiger partial charge in [-0.3, -0.25) is 14.2 Å². The zero-order chi connectivity index (χ0) is 21.8. The van der Waals surface area contributed by atoms with E-state index >= 15 is 0 Å². The molecule has 4 rings (SSSR count). The number of nitrogens with one attached hydrogen (secondary N) is 1. The number of methoxy groups -OCH3 is 2. The Hall–Kier alpha value is -3.30. The predicted molar refractivity (Wildman–Crippen MR) is 124 cm³/mol. The highest BCUT2D eigenvalue weighted by Crippen LogP contribution is 2.29. The van der Waals surface area contributed by atoms with Crippen molar-refractivity contribution in [3.05, 3.63) is 70.3 Å². The Morgan fingerprint density at radius 1 is 1.13 bits per heavy atom. The van der Waals surface area contributed by atoms with Crippen LogP contribution in [-0.4, -0.2) is 35.4 Å². The van der Waals surface area contributed by atoms with Crippen LogP contribution in [0.1, 0.15) is 0 Å². The molecule has 2 aromatic carbocycles. The number of aromatic nitrogens is 2. The first kappa shape index (κ1) is 21.0. The summed E-state index contributed by atoms with van der Waals surface area (Å²) in [6.45, 7) is 0. The minimum absolute atomic E-state index is 0.0735. The van der Waals surface area contributed by atoms with Crippen molar-refractivity contribution in [1.82, 2.24) is 9.55 Å². The highest BCUT2D eigenvalue weighted by atomic mass is 32.2. The lowest BCUT2D eigenvalue weighted by molar-refractivity contribution is -0.113. The van der Waals surface area contributed by atoms with Crippen molar-refractivity contribution in [3.63, 3.8) is 0 Å². The standard InChI is InChI=1S/C22H19N3O4S2/c1-28-15-8-9-16(18(12-15)29-2)23-19(26)13-31-22-24-17-10-11-30-20(17)21(27)25(22)14-6-4-3-5-7-14/h3-12H,13H2,1-2H3,(H,23,26). The van der Waals surface area contributed by atoms with Gasteiger partial charge < -0.3 is 14.8 Å². The molecule has 0 radical (unpaired) electrons. The lowest BCUT2D eigenvalue weighted by atomic mass is 10.2. The fourth-order valence-electron chi connectivity index (χ4n) is 3.01. The molecule has 2 aromatic heterocycles. The van der Waals surface area contributed by atoms with Crippen LogP contribution < -0.4 is 20.3 Å². The number of fused-ring (bicyclic) bond motifs is 1. The maximum atomic E-state index is 13.1. The average molecular weight is 454 g/mol. The second-order valence-electron chi connectivity index (χ2n) is 6.41. The van der Waals surface area contributed by atoms with Crippen molar-refractivity contribution in [2.45, 2.75) is 5.16 Å². The third kappa shape index (κ3) is 4.42. The van der Waals surface area contributed by atoms with Gasteiger partial charge in [0.15, 0.2) is 5.16 Å². The molecule has 2 heterocycles. The number of rotatable bonds is 7. The van der Waals surface area contributed by atoms with Gasteiger partial charge in [-0.15, -0.1) is 11.3 Å². The van der Waals surface area contributed by atoms with Crippen LogP contribution in [0.4, 0.5) is 5.69 Å². The molecule has 0 saturated heterocycles. The molecule has 0 aliphatic carbocycles. The molecule has 9 heteroatoms. The van der Waals surface area contributed by atoms with Gasteiger partial charge >= 0.3 is 0 Å². The minimum atomic E-state index is -0.243. The van der Waals surface area contributed by atoms with Gasteiger partial charge in [-0.05, 0) is 35.7 Å². The monoisotopic (exact) mass is 453 g/mol. The van der Waals surface area contributed by atoms with Crippen LogP contribution in [0, 0.1) is 0 Å². The van der Waals surface area contributed by atoms with E-state index in [1.807, 2.05) is 41.8 Å². The van der Waals surface area contributed by atoms with Gasteiger partial charge in [0, 0.05) is 6.07 Å². The molecule has 158 valence electrons. The van der Waals surface area contributed by atoms with E-state index in [1.165, 1.54) is 30.2 Å². The van der Waals surface area contributed by atoms with Crippen LogP contribution in [0.2, 0.25) is 0 Å². The van der Waals surface area contributed by atoms with Crippen molar-refractivity contribution >= 4 is 44.9 Å². The van der Waals surface area contributed by atoms with Gasteiger partial charge in [0.05, 0.1) is 36.9 Å². The summed E-state index contributed by atoms with van der Waals surface area (Å²) in [4.78, 5) is 30.3. The second kappa shape index (κ2) is 9.23. The Morgan fingerprint density at radius 2 is 1.94 bits per heavy atom. The molecular weight excluding hydrogens is 434 g/mol. The van der Waals surface area contributed by atoms with E-state index in [4.69, 9.17) is 9.47 Å². The Bertz CT molecular complexity index is 1290. The zero-order valence-electron chi connectivity index (χ0n) is 16.8. The van der Waals surface area contributed by atoms with Gasteiger partial charge in [-0.25, -0.2) is 4.98 Å². The molecular formula is C22H19N3O4S2. The summed E-state index contributed by atoms with van der Waals surface area (Å²) in [5.41, 5.74) is 1.72.